The van der Waals surface area contributed by atoms with Gasteiger partial charge >= 0.3 is 5.97 Å². The Hall–Kier alpha value is -2.08. The molecule has 0 saturated carbocycles. The molecule has 0 heterocycles. The van der Waals surface area contributed by atoms with E-state index in [-0.39, 0.29) is 28.0 Å². The van der Waals surface area contributed by atoms with Gasteiger partial charge in [0.2, 0.25) is 0 Å². The number of benzene rings is 2. The van der Waals surface area contributed by atoms with Crippen molar-refractivity contribution in [2.75, 3.05) is 0 Å². The van der Waals surface area contributed by atoms with Crippen LogP contribution in [-0.4, -0.2) is 23.0 Å². The van der Waals surface area contributed by atoms with E-state index in [1.807, 2.05) is 31.2 Å². The summed E-state index contributed by atoms with van der Waals surface area (Å²) in [5, 5.41) is 9.39. The van der Waals surface area contributed by atoms with E-state index >= 15 is 0 Å². The summed E-state index contributed by atoms with van der Waals surface area (Å²) in [6.07, 6.45) is -0.357. The van der Waals surface area contributed by atoms with Crippen molar-refractivity contribution in [3.05, 3.63) is 62.6 Å². The van der Waals surface area contributed by atoms with Crippen molar-refractivity contribution in [2.24, 2.45) is 5.73 Å². The Balaban J connectivity index is 2.02. The summed E-state index contributed by atoms with van der Waals surface area (Å²) in [4.78, 5) is 24.5. The molecule has 2 aromatic rings. The molecule has 0 aromatic heterocycles. The molecule has 2 unspecified atom stereocenters. The molecule has 1 aliphatic rings. The molecule has 0 amide bonds. The molecule has 3 rings (SSSR count). The minimum absolute atomic E-state index is 0.0520. The maximum Gasteiger partial charge on any atom is 0.344 e. The van der Waals surface area contributed by atoms with Crippen LogP contribution in [0.5, 0.6) is 5.75 Å². The first-order valence-corrected chi connectivity index (χ1v) is 9.73. The Labute approximate surface area is 173 Å². The number of halogens is 2. The molecule has 148 valence electrons. The van der Waals surface area contributed by atoms with Crippen LogP contribution in [0, 0.1) is 0 Å². The summed E-state index contributed by atoms with van der Waals surface area (Å²) in [7, 11) is 0. The van der Waals surface area contributed by atoms with Crippen molar-refractivity contribution in [1.82, 2.24) is 0 Å². The molecule has 0 fully saturated rings. The molecule has 28 heavy (non-hydrogen) atoms. The van der Waals surface area contributed by atoms with E-state index in [4.69, 9.17) is 33.7 Å². The SMILES string of the molecule is CCC(Oc1cc2c(c(Cl)c1Cl)C(=O)C(C)(c1ccc(CN)cc1)C2)C(=O)O. The van der Waals surface area contributed by atoms with Gasteiger partial charge in [-0.3, -0.25) is 4.79 Å². The van der Waals surface area contributed by atoms with Crippen LogP contribution in [0.1, 0.15) is 47.3 Å². The van der Waals surface area contributed by atoms with Gasteiger partial charge in [-0.15, -0.1) is 0 Å². The number of hydrogen-bond acceptors (Lipinski definition) is 4. The Kier molecular flexibility index (Phi) is 5.71. The average molecular weight is 422 g/mol. The molecule has 2 aromatic carbocycles. The second-order valence-corrected chi connectivity index (χ2v) is 7.88. The normalized spacial score (nSPS) is 19.4. The fourth-order valence-corrected chi connectivity index (χ4v) is 4.06. The highest BCUT2D eigenvalue weighted by molar-refractivity contribution is 6.45. The molecule has 0 spiro atoms. The van der Waals surface area contributed by atoms with Gasteiger partial charge in [0, 0.05) is 12.1 Å². The van der Waals surface area contributed by atoms with Crippen LogP contribution in [0.3, 0.4) is 0 Å². The summed E-state index contributed by atoms with van der Waals surface area (Å²) >= 11 is 12.7. The molecule has 7 heteroatoms. The van der Waals surface area contributed by atoms with Gasteiger partial charge in [-0.2, -0.15) is 0 Å². The van der Waals surface area contributed by atoms with Gasteiger partial charge in [-0.1, -0.05) is 54.4 Å². The molecule has 0 radical (unpaired) electrons. The van der Waals surface area contributed by atoms with Gasteiger partial charge in [0.15, 0.2) is 11.9 Å². The summed E-state index contributed by atoms with van der Waals surface area (Å²) in [6.45, 7) is 3.99. The van der Waals surface area contributed by atoms with Crippen LogP contribution < -0.4 is 10.5 Å². The molecule has 1 aliphatic carbocycles. The van der Waals surface area contributed by atoms with Gasteiger partial charge in [-0.25, -0.2) is 4.79 Å². The lowest BCUT2D eigenvalue weighted by Gasteiger charge is -2.22. The van der Waals surface area contributed by atoms with E-state index in [1.54, 1.807) is 13.0 Å². The third-order valence-corrected chi connectivity index (χ3v) is 6.12. The predicted molar refractivity (Wildman–Crippen MR) is 109 cm³/mol. The minimum atomic E-state index is -1.09. The fourth-order valence-electron chi connectivity index (χ4n) is 3.56. The quantitative estimate of drug-likeness (QED) is 0.721. The van der Waals surface area contributed by atoms with Crippen molar-refractivity contribution in [1.29, 1.82) is 0 Å². The maximum atomic E-state index is 13.2. The second-order valence-electron chi connectivity index (χ2n) is 7.13. The maximum absolute atomic E-state index is 13.2. The molecule has 0 saturated heterocycles. The van der Waals surface area contributed by atoms with E-state index in [2.05, 4.69) is 0 Å². The Morgan fingerprint density at radius 1 is 1.29 bits per heavy atom. The lowest BCUT2D eigenvalue weighted by molar-refractivity contribution is -0.145. The second kappa shape index (κ2) is 7.74. The van der Waals surface area contributed by atoms with Crippen molar-refractivity contribution in [2.45, 2.75) is 44.8 Å². The molecular formula is C21H21Cl2NO4. The Bertz CT molecular complexity index is 942. The van der Waals surface area contributed by atoms with Crippen molar-refractivity contribution in [3.8, 4) is 5.75 Å². The first-order chi connectivity index (χ1) is 13.2. The van der Waals surface area contributed by atoms with E-state index in [0.717, 1.165) is 11.1 Å². The predicted octanol–water partition coefficient (Wildman–Crippen LogP) is 4.39. The highest BCUT2D eigenvalue weighted by atomic mass is 35.5. The highest BCUT2D eigenvalue weighted by Gasteiger charge is 2.45. The number of fused-ring (bicyclic) bond motifs is 1. The standard InChI is InChI=1S/C21H21Cl2NO4/c1-3-14(20(26)27)28-15-8-12-9-21(2,13-6-4-11(10-24)5-7-13)19(25)16(12)18(23)17(15)22/h4-8,14H,3,9-10,24H2,1-2H3,(H,26,27). The smallest absolute Gasteiger partial charge is 0.344 e. The number of carbonyl (C=O) groups excluding carboxylic acids is 1. The number of carboxylic acid groups (broad SMARTS) is 1. The molecule has 0 aliphatic heterocycles. The first-order valence-electron chi connectivity index (χ1n) is 8.97. The molecule has 0 bridgehead atoms. The molecule has 2 atom stereocenters. The van der Waals surface area contributed by atoms with Gasteiger partial charge in [0.05, 0.1) is 10.4 Å². The number of carboxylic acids is 1. The Morgan fingerprint density at radius 3 is 2.46 bits per heavy atom. The van der Waals surface area contributed by atoms with Crippen LogP contribution in [0.25, 0.3) is 0 Å². The zero-order chi connectivity index (χ0) is 20.6. The van der Waals surface area contributed by atoms with E-state index in [9.17, 15) is 14.7 Å². The third kappa shape index (κ3) is 3.39. The monoisotopic (exact) mass is 421 g/mol. The van der Waals surface area contributed by atoms with E-state index in [1.165, 1.54) is 0 Å². The number of Topliss-reactive ketones (excluding diaryl/α,β-unsaturated/α-hetero) is 1. The lowest BCUT2D eigenvalue weighted by Crippen LogP contribution is -2.29. The van der Waals surface area contributed by atoms with Crippen LogP contribution in [-0.2, 0) is 23.2 Å². The molecule has 5 nitrogen and oxygen atoms in total. The summed E-state index contributed by atoms with van der Waals surface area (Å²) in [6, 6.07) is 9.23. The number of carbonyl (C=O) groups is 2. The third-order valence-electron chi connectivity index (χ3n) is 5.27. The van der Waals surface area contributed by atoms with Gasteiger partial charge in [0.25, 0.3) is 0 Å². The molecule has 3 N–H and O–H groups in total. The zero-order valence-electron chi connectivity index (χ0n) is 15.6. The van der Waals surface area contributed by atoms with E-state index in [0.29, 0.717) is 24.1 Å². The van der Waals surface area contributed by atoms with Crippen molar-refractivity contribution >= 4 is 35.0 Å². The number of ether oxygens (including phenoxy) is 1. The van der Waals surface area contributed by atoms with Gasteiger partial charge in [-0.05, 0) is 42.5 Å². The van der Waals surface area contributed by atoms with Crippen molar-refractivity contribution in [3.63, 3.8) is 0 Å². The summed E-state index contributed by atoms with van der Waals surface area (Å²) < 4.78 is 5.56. The van der Waals surface area contributed by atoms with Crippen LogP contribution in [0.15, 0.2) is 30.3 Å². The van der Waals surface area contributed by atoms with Crippen molar-refractivity contribution < 1.29 is 19.4 Å². The first kappa shape index (κ1) is 20.6. The highest BCUT2D eigenvalue weighted by Crippen LogP contribution is 2.47. The number of aliphatic carboxylic acids is 1. The largest absolute Gasteiger partial charge is 0.479 e. The fraction of sp³-hybridized carbons (Fsp3) is 0.333. The van der Waals surface area contributed by atoms with Crippen LogP contribution in [0.4, 0.5) is 0 Å². The number of hydrogen-bond donors (Lipinski definition) is 2. The number of nitrogens with two attached hydrogens (primary N) is 1. The zero-order valence-corrected chi connectivity index (χ0v) is 17.1. The van der Waals surface area contributed by atoms with Gasteiger partial charge < -0.3 is 15.6 Å². The summed E-state index contributed by atoms with van der Waals surface area (Å²) in [5.74, 6) is -1.03. The van der Waals surface area contributed by atoms with E-state index < -0.39 is 17.5 Å². The van der Waals surface area contributed by atoms with Crippen LogP contribution >= 0.6 is 23.2 Å². The number of ketones is 1. The van der Waals surface area contributed by atoms with Gasteiger partial charge in [0.1, 0.15) is 10.8 Å². The lowest BCUT2D eigenvalue weighted by atomic mass is 9.78. The number of rotatable bonds is 6. The topological polar surface area (TPSA) is 89.6 Å². The Morgan fingerprint density at radius 2 is 1.93 bits per heavy atom. The average Bonchev–Trinajstić information content (AvgIpc) is 2.94. The minimum Gasteiger partial charge on any atom is -0.479 e. The summed E-state index contributed by atoms with van der Waals surface area (Å²) in [5.41, 5.74) is 7.76. The van der Waals surface area contributed by atoms with Crippen LogP contribution in [0.2, 0.25) is 10.0 Å². The molecular weight excluding hydrogens is 401 g/mol.